The van der Waals surface area contributed by atoms with Crippen molar-refractivity contribution in [2.45, 2.75) is 13.5 Å². The molecule has 2 nitrogen and oxygen atoms in total. The number of halogens is 1. The summed E-state index contributed by atoms with van der Waals surface area (Å²) in [6, 6.07) is 8.03. The summed E-state index contributed by atoms with van der Waals surface area (Å²) in [7, 11) is 0. The fourth-order valence-corrected chi connectivity index (χ4v) is 2.47. The monoisotopic (exact) mass is 283 g/mol. The van der Waals surface area contributed by atoms with E-state index in [1.54, 1.807) is 11.3 Å². The summed E-state index contributed by atoms with van der Waals surface area (Å²) in [5.74, 6) is 0. The summed E-state index contributed by atoms with van der Waals surface area (Å²) in [4.78, 5) is 5.52. The highest BCUT2D eigenvalue weighted by molar-refractivity contribution is 9.10. The van der Waals surface area contributed by atoms with Crippen molar-refractivity contribution in [3.8, 4) is 11.3 Å². The molecule has 0 unspecified atom stereocenters. The second-order valence-electron chi connectivity index (χ2n) is 3.18. The molecular formula is C11H10BrNOS. The predicted molar refractivity (Wildman–Crippen MR) is 65.9 cm³/mol. The van der Waals surface area contributed by atoms with Gasteiger partial charge >= 0.3 is 0 Å². The fourth-order valence-electron chi connectivity index (χ4n) is 1.39. The average Bonchev–Trinajstić information content (AvgIpc) is 2.61. The first-order chi connectivity index (χ1) is 7.20. The van der Waals surface area contributed by atoms with Crippen LogP contribution in [0.4, 0.5) is 0 Å². The molecule has 0 aliphatic heterocycles. The van der Waals surface area contributed by atoms with E-state index in [-0.39, 0.29) is 6.61 Å². The van der Waals surface area contributed by atoms with Gasteiger partial charge in [0.25, 0.3) is 0 Å². The number of nitrogens with zero attached hydrogens (tertiary/aromatic N) is 1. The topological polar surface area (TPSA) is 33.1 Å². The zero-order chi connectivity index (χ0) is 10.8. The van der Waals surface area contributed by atoms with E-state index in [0.717, 1.165) is 25.6 Å². The van der Waals surface area contributed by atoms with E-state index >= 15 is 0 Å². The molecule has 0 radical (unpaired) electrons. The van der Waals surface area contributed by atoms with Gasteiger partial charge in [-0.1, -0.05) is 28.1 Å². The van der Waals surface area contributed by atoms with Gasteiger partial charge in [-0.05, 0) is 19.1 Å². The number of hydrogen-bond donors (Lipinski definition) is 1. The Hall–Kier alpha value is -0.710. The van der Waals surface area contributed by atoms with E-state index in [9.17, 15) is 0 Å². The van der Waals surface area contributed by atoms with Crippen LogP contribution in [0.5, 0.6) is 0 Å². The Morgan fingerprint density at radius 1 is 1.33 bits per heavy atom. The molecular weight excluding hydrogens is 274 g/mol. The summed E-state index contributed by atoms with van der Waals surface area (Å²) in [6.45, 7) is 2.04. The van der Waals surface area contributed by atoms with Crippen LogP contribution in [0.3, 0.4) is 0 Å². The molecule has 78 valence electrons. The number of aliphatic hydroxyl groups is 1. The Labute approximate surface area is 101 Å². The normalized spacial score (nSPS) is 10.6. The maximum Gasteiger partial charge on any atom is 0.119 e. The Bertz CT molecular complexity index is 464. The van der Waals surface area contributed by atoms with Crippen LogP contribution in [0, 0.1) is 6.92 Å². The lowest BCUT2D eigenvalue weighted by atomic mass is 10.1. The van der Waals surface area contributed by atoms with Crippen LogP contribution in [0.2, 0.25) is 0 Å². The van der Waals surface area contributed by atoms with Crippen LogP contribution in [0.1, 0.15) is 9.88 Å². The number of aromatic nitrogens is 1. The Morgan fingerprint density at radius 3 is 2.53 bits per heavy atom. The van der Waals surface area contributed by atoms with Crippen LogP contribution in [0.25, 0.3) is 11.3 Å². The SMILES string of the molecule is Cc1sc(CO)nc1-c1ccc(Br)cc1. The lowest BCUT2D eigenvalue weighted by Crippen LogP contribution is -1.83. The second kappa shape index (κ2) is 4.43. The first-order valence-corrected chi connectivity index (χ1v) is 6.15. The molecule has 1 aromatic heterocycles. The summed E-state index contributed by atoms with van der Waals surface area (Å²) in [5, 5.41) is 9.78. The highest BCUT2D eigenvalue weighted by Crippen LogP contribution is 2.28. The summed E-state index contributed by atoms with van der Waals surface area (Å²) >= 11 is 4.94. The first kappa shape index (κ1) is 10.8. The van der Waals surface area contributed by atoms with Crippen molar-refractivity contribution in [3.63, 3.8) is 0 Å². The van der Waals surface area contributed by atoms with E-state index in [1.165, 1.54) is 0 Å². The van der Waals surface area contributed by atoms with Gasteiger partial charge in [0.15, 0.2) is 0 Å². The minimum atomic E-state index is 0.0159. The molecule has 1 N–H and O–H groups in total. The molecule has 2 rings (SSSR count). The van der Waals surface area contributed by atoms with Gasteiger partial charge in [0.1, 0.15) is 5.01 Å². The molecule has 0 aliphatic carbocycles. The van der Waals surface area contributed by atoms with Crippen molar-refractivity contribution in [2.24, 2.45) is 0 Å². The maximum atomic E-state index is 9.01. The Balaban J connectivity index is 2.44. The zero-order valence-corrected chi connectivity index (χ0v) is 10.6. The van der Waals surface area contributed by atoms with Crippen molar-refractivity contribution in [1.29, 1.82) is 0 Å². The third-order valence-electron chi connectivity index (χ3n) is 2.09. The smallest absolute Gasteiger partial charge is 0.119 e. The standard InChI is InChI=1S/C11H10BrNOS/c1-7-11(13-10(6-14)15-7)8-2-4-9(12)5-3-8/h2-5,14H,6H2,1H3. The molecule has 0 fully saturated rings. The number of benzene rings is 1. The number of rotatable bonds is 2. The molecule has 15 heavy (non-hydrogen) atoms. The van der Waals surface area contributed by atoms with Crippen molar-refractivity contribution >= 4 is 27.3 Å². The largest absolute Gasteiger partial charge is 0.389 e. The summed E-state index contributed by atoms with van der Waals surface area (Å²) in [6.07, 6.45) is 0. The van der Waals surface area contributed by atoms with E-state index in [1.807, 2.05) is 31.2 Å². The quantitative estimate of drug-likeness (QED) is 0.917. The first-order valence-electron chi connectivity index (χ1n) is 4.54. The second-order valence-corrected chi connectivity index (χ2v) is 5.38. The molecule has 2 aromatic rings. The fraction of sp³-hybridized carbons (Fsp3) is 0.182. The van der Waals surface area contributed by atoms with E-state index in [0.29, 0.717) is 0 Å². The third kappa shape index (κ3) is 2.27. The number of hydrogen-bond acceptors (Lipinski definition) is 3. The van der Waals surface area contributed by atoms with Crippen LogP contribution in [-0.4, -0.2) is 10.1 Å². The summed E-state index contributed by atoms with van der Waals surface area (Å²) in [5.41, 5.74) is 2.06. The molecule has 1 aromatic carbocycles. The number of aliphatic hydroxyl groups excluding tert-OH is 1. The van der Waals surface area contributed by atoms with Gasteiger partial charge in [-0.2, -0.15) is 0 Å². The van der Waals surface area contributed by atoms with Crippen molar-refractivity contribution in [2.75, 3.05) is 0 Å². The molecule has 0 saturated carbocycles. The molecule has 0 bridgehead atoms. The number of aryl methyl sites for hydroxylation is 1. The van der Waals surface area contributed by atoms with Gasteiger partial charge < -0.3 is 5.11 Å². The highest BCUT2D eigenvalue weighted by atomic mass is 79.9. The summed E-state index contributed by atoms with van der Waals surface area (Å²) < 4.78 is 1.06. The van der Waals surface area contributed by atoms with Crippen LogP contribution >= 0.6 is 27.3 Å². The lowest BCUT2D eigenvalue weighted by Gasteiger charge is -1.98. The Kier molecular flexibility index (Phi) is 3.19. The van der Waals surface area contributed by atoms with Gasteiger partial charge in [0.2, 0.25) is 0 Å². The molecule has 0 amide bonds. The third-order valence-corrected chi connectivity index (χ3v) is 3.58. The Morgan fingerprint density at radius 2 is 2.00 bits per heavy atom. The molecule has 0 atom stereocenters. The molecule has 0 spiro atoms. The van der Waals surface area contributed by atoms with E-state index in [4.69, 9.17) is 5.11 Å². The van der Waals surface area contributed by atoms with Gasteiger partial charge in [-0.15, -0.1) is 11.3 Å². The van der Waals surface area contributed by atoms with Gasteiger partial charge in [0, 0.05) is 14.9 Å². The van der Waals surface area contributed by atoms with Crippen LogP contribution in [0.15, 0.2) is 28.7 Å². The van der Waals surface area contributed by atoms with Gasteiger partial charge in [0.05, 0.1) is 12.3 Å². The zero-order valence-electron chi connectivity index (χ0n) is 8.20. The van der Waals surface area contributed by atoms with E-state index < -0.39 is 0 Å². The van der Waals surface area contributed by atoms with Crippen LogP contribution < -0.4 is 0 Å². The average molecular weight is 284 g/mol. The van der Waals surface area contributed by atoms with Crippen molar-refractivity contribution in [1.82, 2.24) is 4.98 Å². The lowest BCUT2D eigenvalue weighted by molar-refractivity contribution is 0.281. The van der Waals surface area contributed by atoms with Crippen LogP contribution in [-0.2, 0) is 6.61 Å². The van der Waals surface area contributed by atoms with E-state index in [2.05, 4.69) is 20.9 Å². The highest BCUT2D eigenvalue weighted by Gasteiger charge is 2.08. The molecule has 4 heteroatoms. The molecule has 0 aliphatic rings. The van der Waals surface area contributed by atoms with Gasteiger partial charge in [-0.25, -0.2) is 4.98 Å². The predicted octanol–water partition coefficient (Wildman–Crippen LogP) is 3.37. The molecule has 1 heterocycles. The molecule has 0 saturated heterocycles. The van der Waals surface area contributed by atoms with Crippen molar-refractivity contribution < 1.29 is 5.11 Å². The van der Waals surface area contributed by atoms with Crippen molar-refractivity contribution in [3.05, 3.63) is 38.6 Å². The minimum absolute atomic E-state index is 0.0159. The minimum Gasteiger partial charge on any atom is -0.389 e. The number of thiazole rings is 1. The van der Waals surface area contributed by atoms with Gasteiger partial charge in [-0.3, -0.25) is 0 Å². The maximum absolute atomic E-state index is 9.01.